The highest BCUT2D eigenvalue weighted by molar-refractivity contribution is 5.86. The van der Waals surface area contributed by atoms with Crippen LogP contribution in [0.15, 0.2) is 47.1 Å². The van der Waals surface area contributed by atoms with Gasteiger partial charge in [0.1, 0.15) is 0 Å². The van der Waals surface area contributed by atoms with E-state index in [9.17, 15) is 9.90 Å². The zero-order chi connectivity index (χ0) is 16.5. The minimum Gasteiger partial charge on any atom is -0.478 e. The third-order valence-electron chi connectivity index (χ3n) is 4.32. The van der Waals surface area contributed by atoms with Crippen molar-refractivity contribution in [2.24, 2.45) is 11.8 Å². The van der Waals surface area contributed by atoms with Gasteiger partial charge in [0.2, 0.25) is 0 Å². The Morgan fingerprint density at radius 3 is 2.55 bits per heavy atom. The van der Waals surface area contributed by atoms with E-state index < -0.39 is 5.97 Å². The molecule has 1 aliphatic carbocycles. The summed E-state index contributed by atoms with van der Waals surface area (Å²) in [5.74, 6) is 0.178. The molecule has 1 atom stereocenters. The lowest BCUT2D eigenvalue weighted by molar-refractivity contribution is -0.132. The SMILES string of the molecule is CC1=CCC=C(C)CCC=C(C(=O)O)CC[C@@H](C(C)C)C=C1. The molecule has 0 radical (unpaired) electrons. The standard InChI is InChI=1S/C20H30O2/c1-15(2)18-12-11-17(4)8-5-7-16(3)9-6-10-19(14-13-18)20(21)22/h7-8,10-12,15,18H,5-6,9,13-14H2,1-4H3,(H,21,22)/t18-/m0/s1. The second-order valence-corrected chi connectivity index (χ2v) is 6.61. The van der Waals surface area contributed by atoms with Crippen LogP contribution in [0.2, 0.25) is 0 Å². The van der Waals surface area contributed by atoms with Crippen LogP contribution in [-0.4, -0.2) is 11.1 Å². The highest BCUT2D eigenvalue weighted by atomic mass is 16.4. The zero-order valence-electron chi connectivity index (χ0n) is 14.4. The summed E-state index contributed by atoms with van der Waals surface area (Å²) in [6.07, 6.45) is 15.1. The molecule has 1 N–H and O–H groups in total. The molecule has 0 heterocycles. The van der Waals surface area contributed by atoms with Crippen molar-refractivity contribution in [3.8, 4) is 0 Å². The lowest BCUT2D eigenvalue weighted by atomic mass is 9.88. The molecule has 0 saturated carbocycles. The van der Waals surface area contributed by atoms with Gasteiger partial charge >= 0.3 is 5.97 Å². The quantitative estimate of drug-likeness (QED) is 0.666. The summed E-state index contributed by atoms with van der Waals surface area (Å²) in [6, 6.07) is 0. The number of aliphatic carboxylic acids is 1. The average Bonchev–Trinajstić information content (AvgIpc) is 2.43. The van der Waals surface area contributed by atoms with E-state index >= 15 is 0 Å². The third kappa shape index (κ3) is 6.93. The highest BCUT2D eigenvalue weighted by Gasteiger charge is 2.14. The Morgan fingerprint density at radius 2 is 1.91 bits per heavy atom. The second-order valence-electron chi connectivity index (χ2n) is 6.61. The summed E-state index contributed by atoms with van der Waals surface area (Å²) in [7, 11) is 0. The molecule has 122 valence electrons. The van der Waals surface area contributed by atoms with Gasteiger partial charge in [-0.1, -0.05) is 55.4 Å². The number of carbonyl (C=O) groups is 1. The van der Waals surface area contributed by atoms with Gasteiger partial charge in [-0.3, -0.25) is 0 Å². The number of carboxylic acids is 1. The first kappa shape index (κ1) is 18.5. The molecular formula is C20H30O2. The molecule has 2 heteroatoms. The van der Waals surface area contributed by atoms with Crippen LogP contribution in [0.25, 0.3) is 0 Å². The number of hydrogen-bond acceptors (Lipinski definition) is 1. The minimum absolute atomic E-state index is 0.423. The van der Waals surface area contributed by atoms with E-state index in [4.69, 9.17) is 0 Å². The lowest BCUT2D eigenvalue weighted by Gasteiger charge is -2.17. The molecule has 0 saturated heterocycles. The fourth-order valence-electron chi connectivity index (χ4n) is 2.64. The Balaban J connectivity index is 2.98. The Hall–Kier alpha value is -1.57. The lowest BCUT2D eigenvalue weighted by Crippen LogP contribution is -2.09. The fourth-order valence-corrected chi connectivity index (χ4v) is 2.64. The topological polar surface area (TPSA) is 37.3 Å². The fraction of sp³-hybridized carbons (Fsp3) is 0.550. The van der Waals surface area contributed by atoms with E-state index in [-0.39, 0.29) is 0 Å². The maximum absolute atomic E-state index is 11.4. The van der Waals surface area contributed by atoms with E-state index in [1.165, 1.54) is 11.1 Å². The van der Waals surface area contributed by atoms with Gasteiger partial charge in [-0.25, -0.2) is 4.79 Å². The number of carboxylic acid groups (broad SMARTS) is 1. The van der Waals surface area contributed by atoms with Crippen LogP contribution in [0.4, 0.5) is 0 Å². The molecule has 0 spiro atoms. The molecule has 1 rings (SSSR count). The van der Waals surface area contributed by atoms with Crippen molar-refractivity contribution in [2.75, 3.05) is 0 Å². The summed E-state index contributed by atoms with van der Waals surface area (Å²) in [6.45, 7) is 8.65. The molecule has 0 unspecified atom stereocenters. The normalized spacial score (nSPS) is 21.7. The molecule has 0 fully saturated rings. The molecule has 0 aromatic heterocycles. The van der Waals surface area contributed by atoms with Crippen LogP contribution in [0, 0.1) is 11.8 Å². The third-order valence-corrected chi connectivity index (χ3v) is 4.32. The molecule has 0 bridgehead atoms. The summed E-state index contributed by atoms with van der Waals surface area (Å²) < 4.78 is 0. The molecule has 2 nitrogen and oxygen atoms in total. The monoisotopic (exact) mass is 302 g/mol. The summed E-state index contributed by atoms with van der Waals surface area (Å²) in [5.41, 5.74) is 3.17. The van der Waals surface area contributed by atoms with E-state index in [0.717, 1.165) is 25.7 Å². The number of allylic oxidation sites excluding steroid dienone is 7. The second kappa shape index (κ2) is 9.45. The van der Waals surface area contributed by atoms with Gasteiger partial charge in [0, 0.05) is 5.57 Å². The smallest absolute Gasteiger partial charge is 0.331 e. The Bertz CT molecular complexity index is 490. The van der Waals surface area contributed by atoms with Crippen molar-refractivity contribution in [3.63, 3.8) is 0 Å². The molecule has 0 aliphatic heterocycles. The molecule has 22 heavy (non-hydrogen) atoms. The van der Waals surface area contributed by atoms with Gasteiger partial charge in [0.05, 0.1) is 0 Å². The predicted octanol–water partition coefficient (Wildman–Crippen LogP) is 5.68. The van der Waals surface area contributed by atoms with Crippen molar-refractivity contribution < 1.29 is 9.90 Å². The van der Waals surface area contributed by atoms with Crippen LogP contribution in [0.3, 0.4) is 0 Å². The van der Waals surface area contributed by atoms with Crippen molar-refractivity contribution in [1.82, 2.24) is 0 Å². The average molecular weight is 302 g/mol. The first-order chi connectivity index (χ1) is 10.4. The first-order valence-electron chi connectivity index (χ1n) is 8.33. The highest BCUT2D eigenvalue weighted by Crippen LogP contribution is 2.23. The Morgan fingerprint density at radius 1 is 1.18 bits per heavy atom. The maximum atomic E-state index is 11.4. The molecule has 0 aromatic rings. The minimum atomic E-state index is -0.767. The van der Waals surface area contributed by atoms with Crippen LogP contribution in [0.5, 0.6) is 0 Å². The zero-order valence-corrected chi connectivity index (χ0v) is 14.4. The predicted molar refractivity (Wildman–Crippen MR) is 93.8 cm³/mol. The summed E-state index contributed by atoms with van der Waals surface area (Å²) in [4.78, 5) is 11.4. The van der Waals surface area contributed by atoms with Crippen LogP contribution < -0.4 is 0 Å². The van der Waals surface area contributed by atoms with E-state index in [2.05, 4.69) is 52.0 Å². The Kier molecular flexibility index (Phi) is 7.94. The Labute approximate surface area is 135 Å². The van der Waals surface area contributed by atoms with Crippen molar-refractivity contribution >= 4 is 5.97 Å². The molecule has 0 aromatic carbocycles. The maximum Gasteiger partial charge on any atom is 0.331 e. The van der Waals surface area contributed by atoms with E-state index in [0.29, 0.717) is 23.8 Å². The van der Waals surface area contributed by atoms with Crippen molar-refractivity contribution in [2.45, 2.75) is 59.8 Å². The number of rotatable bonds is 2. The van der Waals surface area contributed by atoms with Gasteiger partial charge in [0.15, 0.2) is 0 Å². The van der Waals surface area contributed by atoms with Crippen molar-refractivity contribution in [1.29, 1.82) is 0 Å². The van der Waals surface area contributed by atoms with E-state index in [1.54, 1.807) is 0 Å². The van der Waals surface area contributed by atoms with Gasteiger partial charge < -0.3 is 5.11 Å². The van der Waals surface area contributed by atoms with Gasteiger partial charge in [-0.2, -0.15) is 0 Å². The largest absolute Gasteiger partial charge is 0.478 e. The van der Waals surface area contributed by atoms with E-state index in [1.807, 2.05) is 6.08 Å². The van der Waals surface area contributed by atoms with Gasteiger partial charge in [-0.15, -0.1) is 0 Å². The van der Waals surface area contributed by atoms with Crippen LogP contribution >= 0.6 is 0 Å². The first-order valence-corrected chi connectivity index (χ1v) is 8.33. The number of hydrogen-bond donors (Lipinski definition) is 1. The van der Waals surface area contributed by atoms with Gasteiger partial charge in [0.25, 0.3) is 0 Å². The van der Waals surface area contributed by atoms with Crippen molar-refractivity contribution in [3.05, 3.63) is 47.1 Å². The summed E-state index contributed by atoms with van der Waals surface area (Å²) >= 11 is 0. The van der Waals surface area contributed by atoms with Crippen LogP contribution in [0.1, 0.15) is 59.8 Å². The molecule has 0 amide bonds. The van der Waals surface area contributed by atoms with Crippen LogP contribution in [-0.2, 0) is 4.79 Å². The van der Waals surface area contributed by atoms with Gasteiger partial charge in [-0.05, 0) is 57.8 Å². The molecule has 1 aliphatic rings. The summed E-state index contributed by atoms with van der Waals surface area (Å²) in [5, 5.41) is 9.37. The molecular weight excluding hydrogens is 272 g/mol.